The van der Waals surface area contributed by atoms with Gasteiger partial charge < -0.3 is 4.90 Å². The van der Waals surface area contributed by atoms with E-state index in [0.29, 0.717) is 5.75 Å². The van der Waals surface area contributed by atoms with Crippen LogP contribution in [0.4, 0.5) is 11.4 Å². The first-order chi connectivity index (χ1) is 10.7. The van der Waals surface area contributed by atoms with Gasteiger partial charge in [0.2, 0.25) is 5.91 Å². The minimum absolute atomic E-state index is 0.112. The van der Waals surface area contributed by atoms with Crippen molar-refractivity contribution in [1.82, 2.24) is 4.90 Å². The molecule has 0 aliphatic carbocycles. The zero-order chi connectivity index (χ0) is 15.8. The number of hydrogen-bond acceptors (Lipinski definition) is 3. The van der Waals surface area contributed by atoms with Crippen LogP contribution in [0.15, 0.2) is 60.7 Å². The normalized spacial score (nSPS) is 10.7. The maximum absolute atomic E-state index is 12.7. The Morgan fingerprint density at radius 1 is 0.909 bits per heavy atom. The first kappa shape index (κ1) is 16.6. The number of benzene rings is 2. The van der Waals surface area contributed by atoms with Crippen molar-refractivity contribution in [1.29, 1.82) is 0 Å². The highest BCUT2D eigenvalue weighted by molar-refractivity contribution is 7.99. The molecule has 0 saturated carbocycles. The second kappa shape index (κ2) is 8.61. The lowest BCUT2D eigenvalue weighted by Crippen LogP contribution is -2.28. The maximum atomic E-state index is 12.7. The predicted octanol–water partition coefficient (Wildman–Crippen LogP) is 3.65. The van der Waals surface area contributed by atoms with Gasteiger partial charge in [-0.25, -0.2) is 0 Å². The molecule has 22 heavy (non-hydrogen) atoms. The minimum atomic E-state index is 0.112. The molecule has 0 radical (unpaired) electrons. The van der Waals surface area contributed by atoms with E-state index in [-0.39, 0.29) is 5.91 Å². The Kier molecular flexibility index (Phi) is 6.49. The summed E-state index contributed by atoms with van der Waals surface area (Å²) in [5, 5.41) is 0. The number of anilines is 2. The molecule has 2 aromatic rings. The molecular weight excluding hydrogens is 292 g/mol. The summed E-state index contributed by atoms with van der Waals surface area (Å²) in [6.45, 7) is 0.981. The SMILES string of the molecule is CN(C)CCSCC(=O)N(c1ccccc1)c1ccccc1. The van der Waals surface area contributed by atoms with Crippen molar-refractivity contribution < 1.29 is 4.79 Å². The standard InChI is InChI=1S/C18H22N2OS/c1-19(2)13-14-22-15-18(21)20(16-9-5-3-6-10-16)17-11-7-4-8-12-17/h3-12H,13-15H2,1-2H3. The van der Waals surface area contributed by atoms with Crippen LogP contribution in [0.1, 0.15) is 0 Å². The smallest absolute Gasteiger partial charge is 0.241 e. The van der Waals surface area contributed by atoms with Crippen LogP contribution in [-0.4, -0.2) is 43.0 Å². The molecule has 2 rings (SSSR count). The molecule has 0 fully saturated rings. The Hall–Kier alpha value is -1.78. The number of carbonyl (C=O) groups excluding carboxylic acids is 1. The Balaban J connectivity index is 2.10. The summed E-state index contributed by atoms with van der Waals surface area (Å²) in [5.74, 6) is 1.55. The monoisotopic (exact) mass is 314 g/mol. The molecular formula is C18H22N2OS. The molecule has 0 aromatic heterocycles. The Bertz CT molecular complexity index is 533. The van der Waals surface area contributed by atoms with Gasteiger partial charge in [-0.15, -0.1) is 0 Å². The van der Waals surface area contributed by atoms with Crippen molar-refractivity contribution in [3.8, 4) is 0 Å². The number of hydrogen-bond donors (Lipinski definition) is 0. The van der Waals surface area contributed by atoms with E-state index in [1.807, 2.05) is 74.8 Å². The molecule has 0 unspecified atom stereocenters. The fraction of sp³-hybridized carbons (Fsp3) is 0.278. The van der Waals surface area contributed by atoms with Gasteiger partial charge in [-0.1, -0.05) is 36.4 Å². The van der Waals surface area contributed by atoms with Crippen LogP contribution < -0.4 is 4.90 Å². The van der Waals surface area contributed by atoms with Gasteiger partial charge >= 0.3 is 0 Å². The minimum Gasteiger partial charge on any atom is -0.309 e. The summed E-state index contributed by atoms with van der Waals surface area (Å²) < 4.78 is 0. The van der Waals surface area contributed by atoms with Crippen LogP contribution in [0.3, 0.4) is 0 Å². The molecule has 0 spiro atoms. The lowest BCUT2D eigenvalue weighted by Gasteiger charge is -2.23. The van der Waals surface area contributed by atoms with Crippen molar-refractivity contribution in [2.24, 2.45) is 0 Å². The van der Waals surface area contributed by atoms with Gasteiger partial charge in [0, 0.05) is 23.7 Å². The van der Waals surface area contributed by atoms with Gasteiger partial charge in [-0.05, 0) is 38.4 Å². The Morgan fingerprint density at radius 3 is 1.86 bits per heavy atom. The van der Waals surface area contributed by atoms with Gasteiger partial charge in [0.25, 0.3) is 0 Å². The highest BCUT2D eigenvalue weighted by Gasteiger charge is 2.17. The Morgan fingerprint density at radius 2 is 1.41 bits per heavy atom. The largest absolute Gasteiger partial charge is 0.309 e. The van der Waals surface area contributed by atoms with E-state index in [2.05, 4.69) is 4.90 Å². The summed E-state index contributed by atoms with van der Waals surface area (Å²) in [4.78, 5) is 16.6. The molecule has 0 bridgehead atoms. The van der Waals surface area contributed by atoms with Crippen molar-refractivity contribution in [3.63, 3.8) is 0 Å². The lowest BCUT2D eigenvalue weighted by molar-refractivity contribution is -0.115. The van der Waals surface area contributed by atoms with Crippen LogP contribution in [0.25, 0.3) is 0 Å². The van der Waals surface area contributed by atoms with Crippen molar-refractivity contribution in [3.05, 3.63) is 60.7 Å². The second-order valence-corrected chi connectivity index (χ2v) is 6.36. The summed E-state index contributed by atoms with van der Waals surface area (Å²) >= 11 is 1.67. The van der Waals surface area contributed by atoms with Crippen LogP contribution in [0.2, 0.25) is 0 Å². The molecule has 3 nitrogen and oxygen atoms in total. The average Bonchev–Trinajstić information content (AvgIpc) is 2.54. The molecule has 0 atom stereocenters. The Labute approximate surface area is 136 Å². The van der Waals surface area contributed by atoms with Crippen LogP contribution >= 0.6 is 11.8 Å². The number of amides is 1. The number of carbonyl (C=O) groups is 1. The first-order valence-electron chi connectivity index (χ1n) is 7.34. The van der Waals surface area contributed by atoms with E-state index in [9.17, 15) is 4.79 Å². The van der Waals surface area contributed by atoms with Crippen LogP contribution in [0, 0.1) is 0 Å². The van der Waals surface area contributed by atoms with Crippen LogP contribution in [0.5, 0.6) is 0 Å². The molecule has 0 heterocycles. The topological polar surface area (TPSA) is 23.6 Å². The number of rotatable bonds is 7. The fourth-order valence-corrected chi connectivity index (χ4v) is 3.00. The highest BCUT2D eigenvalue weighted by atomic mass is 32.2. The van der Waals surface area contributed by atoms with Crippen molar-refractivity contribution in [2.75, 3.05) is 37.0 Å². The fourth-order valence-electron chi connectivity index (χ4n) is 2.06. The van der Waals surface area contributed by atoms with Gasteiger partial charge in [-0.2, -0.15) is 11.8 Å². The first-order valence-corrected chi connectivity index (χ1v) is 8.49. The third kappa shape index (κ3) is 4.90. The molecule has 4 heteroatoms. The summed E-state index contributed by atoms with van der Waals surface area (Å²) in [6, 6.07) is 19.6. The average molecular weight is 314 g/mol. The van der Waals surface area contributed by atoms with Crippen molar-refractivity contribution >= 4 is 29.0 Å². The lowest BCUT2D eigenvalue weighted by atomic mass is 10.2. The van der Waals surface area contributed by atoms with E-state index in [1.54, 1.807) is 16.7 Å². The summed E-state index contributed by atoms with van der Waals surface area (Å²) in [5.41, 5.74) is 1.82. The van der Waals surface area contributed by atoms with Gasteiger partial charge in [0.1, 0.15) is 0 Å². The zero-order valence-corrected chi connectivity index (χ0v) is 13.9. The zero-order valence-electron chi connectivity index (χ0n) is 13.1. The van der Waals surface area contributed by atoms with Gasteiger partial charge in [-0.3, -0.25) is 9.69 Å². The summed E-state index contributed by atoms with van der Waals surface area (Å²) in [6.07, 6.45) is 0. The van der Waals surface area contributed by atoms with E-state index < -0.39 is 0 Å². The van der Waals surface area contributed by atoms with E-state index >= 15 is 0 Å². The highest BCUT2D eigenvalue weighted by Crippen LogP contribution is 2.25. The molecule has 0 saturated heterocycles. The van der Waals surface area contributed by atoms with E-state index in [1.165, 1.54) is 0 Å². The second-order valence-electron chi connectivity index (χ2n) is 5.26. The molecule has 1 amide bonds. The predicted molar refractivity (Wildman–Crippen MR) is 95.9 cm³/mol. The number of para-hydroxylation sites is 2. The summed E-state index contributed by atoms with van der Waals surface area (Å²) in [7, 11) is 4.09. The third-order valence-electron chi connectivity index (χ3n) is 3.19. The molecule has 2 aromatic carbocycles. The molecule has 0 aliphatic rings. The van der Waals surface area contributed by atoms with Crippen molar-refractivity contribution in [2.45, 2.75) is 0 Å². The molecule has 116 valence electrons. The number of thioether (sulfide) groups is 1. The third-order valence-corrected chi connectivity index (χ3v) is 4.11. The van der Waals surface area contributed by atoms with Crippen LogP contribution in [-0.2, 0) is 4.79 Å². The van der Waals surface area contributed by atoms with Gasteiger partial charge in [0.15, 0.2) is 0 Å². The van der Waals surface area contributed by atoms with Gasteiger partial charge in [0.05, 0.1) is 5.75 Å². The van der Waals surface area contributed by atoms with E-state index in [0.717, 1.165) is 23.7 Å². The quantitative estimate of drug-likeness (QED) is 0.729. The number of nitrogens with zero attached hydrogens (tertiary/aromatic N) is 2. The molecule has 0 aliphatic heterocycles. The van der Waals surface area contributed by atoms with E-state index in [4.69, 9.17) is 0 Å². The maximum Gasteiger partial charge on any atom is 0.241 e. The molecule has 0 N–H and O–H groups in total.